The van der Waals surface area contributed by atoms with Crippen LogP contribution in [0, 0.1) is 24.1 Å². The van der Waals surface area contributed by atoms with E-state index in [0.29, 0.717) is 23.2 Å². The number of anilines is 1. The van der Waals surface area contributed by atoms with Crippen LogP contribution >= 0.6 is 0 Å². The van der Waals surface area contributed by atoms with Gasteiger partial charge in [0.1, 0.15) is 35.4 Å². The van der Waals surface area contributed by atoms with E-state index >= 15 is 0 Å². The molecule has 1 fully saturated rings. The summed E-state index contributed by atoms with van der Waals surface area (Å²) in [5.74, 6) is -0.226. The van der Waals surface area contributed by atoms with Crippen molar-refractivity contribution in [1.82, 2.24) is 23.8 Å². The van der Waals surface area contributed by atoms with Crippen LogP contribution < -0.4 is 15.8 Å². The van der Waals surface area contributed by atoms with Gasteiger partial charge in [-0.15, -0.1) is 4.09 Å². The zero-order valence-electron chi connectivity index (χ0n) is 17.8. The third-order valence-electron chi connectivity index (χ3n) is 5.86. The van der Waals surface area contributed by atoms with E-state index in [4.69, 9.17) is 10.5 Å². The van der Waals surface area contributed by atoms with E-state index in [1.165, 1.54) is 34.8 Å². The predicted molar refractivity (Wildman–Crippen MR) is 117 cm³/mol. The Morgan fingerprint density at radius 2 is 2.12 bits per heavy atom. The maximum absolute atomic E-state index is 14.2. The van der Waals surface area contributed by atoms with Crippen LogP contribution in [0.1, 0.15) is 41.6 Å². The molecule has 33 heavy (non-hydrogen) atoms. The molecular formula is C21H20FN7O3S. The first-order valence-corrected chi connectivity index (χ1v) is 11.6. The molecule has 3 aromatic rings. The normalized spacial score (nSPS) is 21.5. The lowest BCUT2D eigenvalue weighted by Crippen LogP contribution is -2.39. The molecule has 4 heterocycles. The summed E-state index contributed by atoms with van der Waals surface area (Å²) in [4.78, 5) is 4.14. The molecule has 0 radical (unpaired) electrons. The Morgan fingerprint density at radius 1 is 1.33 bits per heavy atom. The van der Waals surface area contributed by atoms with Gasteiger partial charge in [0.2, 0.25) is 0 Å². The number of nitrogen functional groups attached to an aromatic ring is 1. The van der Waals surface area contributed by atoms with E-state index in [9.17, 15) is 18.1 Å². The molecule has 0 spiro atoms. The molecule has 1 saturated heterocycles. The first-order chi connectivity index (χ1) is 15.7. The number of pyridine rings is 1. The van der Waals surface area contributed by atoms with Crippen LogP contribution in [0.5, 0.6) is 5.75 Å². The molecule has 2 aliphatic rings. The van der Waals surface area contributed by atoms with E-state index in [-0.39, 0.29) is 35.1 Å². The SMILES string of the molecule is Cc1nn2c(c1C#N)-c1cnc(N)c(c1)OC(C)c1cc(F)ccc1C1NCCN1S2(=O)=O. The fourth-order valence-corrected chi connectivity index (χ4v) is 5.92. The monoisotopic (exact) mass is 469 g/mol. The molecule has 0 aliphatic carbocycles. The number of nitrogens with zero attached hydrogens (tertiary/aromatic N) is 5. The number of nitrogens with one attached hydrogen (secondary N) is 1. The second-order valence-corrected chi connectivity index (χ2v) is 9.59. The van der Waals surface area contributed by atoms with Gasteiger partial charge >= 0.3 is 10.2 Å². The van der Waals surface area contributed by atoms with Gasteiger partial charge in [-0.2, -0.15) is 23.1 Å². The van der Waals surface area contributed by atoms with E-state index in [1.54, 1.807) is 13.8 Å². The van der Waals surface area contributed by atoms with Gasteiger partial charge in [-0.1, -0.05) is 6.07 Å². The molecule has 0 amide bonds. The lowest BCUT2D eigenvalue weighted by Gasteiger charge is -2.28. The molecular weight excluding hydrogens is 449 g/mol. The highest BCUT2D eigenvalue weighted by Gasteiger charge is 2.40. The van der Waals surface area contributed by atoms with Crippen molar-refractivity contribution in [3.8, 4) is 23.1 Å². The minimum atomic E-state index is -4.24. The fraction of sp³-hybridized carbons (Fsp3) is 0.286. The summed E-state index contributed by atoms with van der Waals surface area (Å²) in [6.45, 7) is 3.82. The summed E-state index contributed by atoms with van der Waals surface area (Å²) in [5.41, 5.74) is 7.77. The van der Waals surface area contributed by atoms with Crippen molar-refractivity contribution < 1.29 is 17.5 Å². The number of hydrogen-bond donors (Lipinski definition) is 2. The molecule has 3 N–H and O–H groups in total. The number of rotatable bonds is 0. The van der Waals surface area contributed by atoms with Crippen LogP contribution in [0.3, 0.4) is 0 Å². The second-order valence-electron chi connectivity index (χ2n) is 7.88. The van der Waals surface area contributed by atoms with Crippen molar-refractivity contribution >= 4 is 16.0 Å². The van der Waals surface area contributed by atoms with Crippen LogP contribution in [0.2, 0.25) is 0 Å². The van der Waals surface area contributed by atoms with E-state index in [0.717, 1.165) is 4.09 Å². The molecule has 10 nitrogen and oxygen atoms in total. The lowest BCUT2D eigenvalue weighted by atomic mass is 10.0. The molecule has 5 rings (SSSR count). The van der Waals surface area contributed by atoms with Crippen LogP contribution in [0.25, 0.3) is 11.3 Å². The molecule has 2 atom stereocenters. The number of aromatic nitrogens is 3. The van der Waals surface area contributed by atoms with Gasteiger partial charge in [-0.05, 0) is 37.6 Å². The molecule has 170 valence electrons. The van der Waals surface area contributed by atoms with E-state index in [2.05, 4.69) is 15.4 Å². The van der Waals surface area contributed by atoms with Crippen molar-refractivity contribution in [2.45, 2.75) is 26.1 Å². The Bertz CT molecular complexity index is 1430. The van der Waals surface area contributed by atoms with Crippen LogP contribution in [0.15, 0.2) is 30.5 Å². The summed E-state index contributed by atoms with van der Waals surface area (Å²) in [6, 6.07) is 7.69. The average molecular weight is 470 g/mol. The van der Waals surface area contributed by atoms with Gasteiger partial charge in [-0.3, -0.25) is 5.32 Å². The molecule has 1 aromatic carbocycles. The molecule has 2 aliphatic heterocycles. The topological polar surface area (TPSA) is 139 Å². The number of hydrogen-bond acceptors (Lipinski definition) is 8. The summed E-state index contributed by atoms with van der Waals surface area (Å²) in [5, 5.41) is 17.1. The van der Waals surface area contributed by atoms with Crippen molar-refractivity contribution in [2.75, 3.05) is 18.8 Å². The number of aryl methyl sites for hydroxylation is 1. The average Bonchev–Trinajstić information content (AvgIpc) is 3.40. The quantitative estimate of drug-likeness (QED) is 0.510. The van der Waals surface area contributed by atoms with Gasteiger partial charge < -0.3 is 10.5 Å². The minimum Gasteiger partial charge on any atom is -0.482 e. The maximum Gasteiger partial charge on any atom is 0.325 e. The molecule has 0 saturated carbocycles. The Hall–Kier alpha value is -3.53. The Kier molecular flexibility index (Phi) is 4.86. The second kappa shape index (κ2) is 7.51. The summed E-state index contributed by atoms with van der Waals surface area (Å²) < 4.78 is 50.1. The van der Waals surface area contributed by atoms with Crippen molar-refractivity contribution in [1.29, 1.82) is 5.26 Å². The number of nitriles is 1. The summed E-state index contributed by atoms with van der Waals surface area (Å²) in [6.07, 6.45) is -0.0915. The molecule has 12 heteroatoms. The molecule has 2 aromatic heterocycles. The number of benzene rings is 1. The first-order valence-electron chi connectivity index (χ1n) is 10.2. The van der Waals surface area contributed by atoms with Gasteiger partial charge in [0, 0.05) is 30.4 Å². The number of fused-ring (bicyclic) bond motifs is 7. The molecule has 2 bridgehead atoms. The van der Waals surface area contributed by atoms with Gasteiger partial charge in [0.15, 0.2) is 11.6 Å². The van der Waals surface area contributed by atoms with E-state index < -0.39 is 28.3 Å². The van der Waals surface area contributed by atoms with Crippen LogP contribution in [-0.4, -0.2) is 40.0 Å². The standard InChI is InChI=1S/C21H20FN7O3S/c1-11-17(9-23)19-13-7-18(20(24)26-10-13)32-12(2)16-8-14(22)3-4-15(16)21-25-5-6-28(21)33(30,31)29(19)27-11/h3-4,7-8,10,12,21,25H,5-6H2,1-2H3,(H2,24,26). The zero-order valence-corrected chi connectivity index (χ0v) is 18.6. The number of halogens is 1. The largest absolute Gasteiger partial charge is 0.482 e. The van der Waals surface area contributed by atoms with Crippen LogP contribution in [-0.2, 0) is 10.2 Å². The highest BCUT2D eigenvalue weighted by atomic mass is 32.2. The summed E-state index contributed by atoms with van der Waals surface area (Å²) in [7, 11) is -4.24. The van der Waals surface area contributed by atoms with Gasteiger partial charge in [-0.25, -0.2) is 9.37 Å². The Balaban J connectivity index is 1.86. The van der Waals surface area contributed by atoms with Crippen molar-refractivity contribution in [2.24, 2.45) is 0 Å². The Morgan fingerprint density at radius 3 is 2.88 bits per heavy atom. The predicted octanol–water partition coefficient (Wildman–Crippen LogP) is 2.00. The van der Waals surface area contributed by atoms with E-state index in [1.807, 2.05) is 6.07 Å². The van der Waals surface area contributed by atoms with Gasteiger partial charge in [0.05, 0.1) is 5.69 Å². The van der Waals surface area contributed by atoms with Crippen molar-refractivity contribution in [3.05, 3.63) is 58.7 Å². The molecule has 2 unspecified atom stereocenters. The minimum absolute atomic E-state index is 0.0744. The summed E-state index contributed by atoms with van der Waals surface area (Å²) >= 11 is 0. The van der Waals surface area contributed by atoms with Crippen molar-refractivity contribution in [3.63, 3.8) is 0 Å². The number of nitrogens with two attached hydrogens (primary N) is 1. The zero-order chi connectivity index (χ0) is 23.5. The third-order valence-corrected chi connectivity index (χ3v) is 7.54. The highest BCUT2D eigenvalue weighted by Crippen LogP contribution is 2.38. The lowest BCUT2D eigenvalue weighted by molar-refractivity contribution is 0.223. The first kappa shape index (κ1) is 21.3. The number of ether oxygens (including phenoxy) is 1. The highest BCUT2D eigenvalue weighted by molar-refractivity contribution is 7.87. The van der Waals surface area contributed by atoms with Crippen LogP contribution in [0.4, 0.5) is 10.2 Å². The maximum atomic E-state index is 14.2. The smallest absolute Gasteiger partial charge is 0.325 e. The van der Waals surface area contributed by atoms with Gasteiger partial charge in [0.25, 0.3) is 0 Å². The Labute approximate surface area is 189 Å². The fourth-order valence-electron chi connectivity index (χ4n) is 4.29. The third kappa shape index (κ3) is 3.24.